The SMILES string of the molecule is O=C(O)CCC(=O)NCCCOCCOCCOCCOCCOCCOCCC(=O)Oc1c(F)c(F)c(F)c(F)c1F. The standard InChI is InChI=1S/C26H36F5NO11/c27-21-22(28)24(30)26(25(31)23(21)29)43-20(36)4-7-38-9-11-40-13-15-42-17-16-41-14-12-39-10-8-37-6-1-5-32-18(33)2-3-19(34)35/h1-17H2,(H,32,33)(H,34,35). The van der Waals surface area contributed by atoms with Crippen molar-refractivity contribution in [1.82, 2.24) is 5.32 Å². The Morgan fingerprint density at radius 3 is 1.37 bits per heavy atom. The first-order valence-electron chi connectivity index (χ1n) is 13.3. The number of carboxylic acid groups (broad SMARTS) is 1. The van der Waals surface area contributed by atoms with Gasteiger partial charge in [-0.15, -0.1) is 0 Å². The third kappa shape index (κ3) is 17.7. The smallest absolute Gasteiger partial charge is 0.313 e. The van der Waals surface area contributed by atoms with Crippen LogP contribution in [0.4, 0.5) is 22.0 Å². The molecule has 1 rings (SSSR count). The van der Waals surface area contributed by atoms with Gasteiger partial charge in [-0.1, -0.05) is 0 Å². The number of esters is 1. The van der Waals surface area contributed by atoms with E-state index in [9.17, 15) is 36.3 Å². The molecule has 1 amide bonds. The molecule has 0 radical (unpaired) electrons. The van der Waals surface area contributed by atoms with Crippen LogP contribution < -0.4 is 10.1 Å². The number of ether oxygens (including phenoxy) is 7. The number of benzene rings is 1. The second-order valence-electron chi connectivity index (χ2n) is 8.39. The van der Waals surface area contributed by atoms with E-state index in [4.69, 9.17) is 33.5 Å². The zero-order valence-electron chi connectivity index (χ0n) is 23.4. The molecule has 246 valence electrons. The van der Waals surface area contributed by atoms with Gasteiger partial charge in [0.05, 0.1) is 85.5 Å². The summed E-state index contributed by atoms with van der Waals surface area (Å²) in [6.07, 6.45) is -0.140. The summed E-state index contributed by atoms with van der Waals surface area (Å²) in [5.74, 6) is -15.5. The summed E-state index contributed by atoms with van der Waals surface area (Å²) in [6.45, 7) is 3.57. The first-order chi connectivity index (χ1) is 20.6. The van der Waals surface area contributed by atoms with E-state index in [2.05, 4.69) is 10.1 Å². The van der Waals surface area contributed by atoms with Gasteiger partial charge in [0.2, 0.25) is 40.7 Å². The van der Waals surface area contributed by atoms with Gasteiger partial charge in [0.25, 0.3) is 0 Å². The number of halogens is 5. The topological polar surface area (TPSA) is 148 Å². The number of carboxylic acids is 1. The molecule has 2 N–H and O–H groups in total. The fourth-order valence-electron chi connectivity index (χ4n) is 2.91. The normalized spacial score (nSPS) is 11.1. The fourth-order valence-corrected chi connectivity index (χ4v) is 2.91. The lowest BCUT2D eigenvalue weighted by Crippen LogP contribution is -2.25. The molecular formula is C26H36F5NO11. The van der Waals surface area contributed by atoms with E-state index in [1.165, 1.54) is 0 Å². The average Bonchev–Trinajstić information content (AvgIpc) is 2.98. The van der Waals surface area contributed by atoms with Gasteiger partial charge in [-0.25, -0.2) is 13.2 Å². The molecule has 0 unspecified atom stereocenters. The summed E-state index contributed by atoms with van der Waals surface area (Å²) in [5.41, 5.74) is 0. The number of nitrogens with one attached hydrogen (secondary N) is 1. The predicted octanol–water partition coefficient (Wildman–Crippen LogP) is 2.15. The lowest BCUT2D eigenvalue weighted by molar-refractivity contribution is -0.139. The molecule has 0 aromatic heterocycles. The van der Waals surface area contributed by atoms with Gasteiger partial charge in [-0.2, -0.15) is 8.78 Å². The number of hydrogen-bond acceptors (Lipinski definition) is 10. The van der Waals surface area contributed by atoms with Crippen molar-refractivity contribution in [3.8, 4) is 5.75 Å². The maximum absolute atomic E-state index is 13.5. The van der Waals surface area contributed by atoms with Gasteiger partial charge in [-0.3, -0.25) is 14.4 Å². The van der Waals surface area contributed by atoms with Gasteiger partial charge >= 0.3 is 11.9 Å². The third-order valence-electron chi connectivity index (χ3n) is 5.05. The largest absolute Gasteiger partial charge is 0.481 e. The van der Waals surface area contributed by atoms with E-state index in [0.29, 0.717) is 59.2 Å². The quantitative estimate of drug-likeness (QED) is 0.0386. The molecule has 0 spiro atoms. The van der Waals surface area contributed by atoms with Crippen molar-refractivity contribution in [2.45, 2.75) is 25.7 Å². The molecule has 0 aliphatic rings. The van der Waals surface area contributed by atoms with Crippen LogP contribution in [-0.4, -0.2) is 109 Å². The second kappa shape index (κ2) is 23.5. The molecule has 17 heteroatoms. The Bertz CT molecular complexity index is 958. The highest BCUT2D eigenvalue weighted by molar-refractivity contribution is 5.80. The molecule has 1 aromatic carbocycles. The summed E-state index contributed by atoms with van der Waals surface area (Å²) in [4.78, 5) is 33.3. The number of aliphatic carboxylic acids is 1. The predicted molar refractivity (Wildman–Crippen MR) is 136 cm³/mol. The first-order valence-corrected chi connectivity index (χ1v) is 13.3. The van der Waals surface area contributed by atoms with E-state index in [1.807, 2.05) is 0 Å². The molecule has 43 heavy (non-hydrogen) atoms. The molecule has 12 nitrogen and oxygen atoms in total. The van der Waals surface area contributed by atoms with Crippen LogP contribution >= 0.6 is 0 Å². The minimum Gasteiger partial charge on any atom is -0.481 e. The number of carbonyl (C=O) groups excluding carboxylic acids is 2. The summed E-state index contributed by atoms with van der Waals surface area (Å²) < 4.78 is 102. The van der Waals surface area contributed by atoms with Crippen molar-refractivity contribution >= 4 is 17.8 Å². The third-order valence-corrected chi connectivity index (χ3v) is 5.05. The molecule has 0 bridgehead atoms. The molecule has 1 aromatic rings. The summed E-state index contributed by atoms with van der Waals surface area (Å²) >= 11 is 0. The number of rotatable bonds is 26. The van der Waals surface area contributed by atoms with Crippen molar-refractivity contribution < 1.29 is 74.6 Å². The van der Waals surface area contributed by atoms with E-state index in [0.717, 1.165) is 0 Å². The number of amides is 1. The highest BCUT2D eigenvalue weighted by atomic mass is 19.2. The lowest BCUT2D eigenvalue weighted by atomic mass is 10.2. The van der Waals surface area contributed by atoms with Crippen molar-refractivity contribution in [2.75, 3.05) is 85.8 Å². The highest BCUT2D eigenvalue weighted by Gasteiger charge is 2.28. The maximum Gasteiger partial charge on any atom is 0.313 e. The number of hydrogen-bond donors (Lipinski definition) is 2. The van der Waals surface area contributed by atoms with Gasteiger partial charge in [0.1, 0.15) is 0 Å². The van der Waals surface area contributed by atoms with Gasteiger partial charge < -0.3 is 43.6 Å². The van der Waals surface area contributed by atoms with Crippen LogP contribution in [0.1, 0.15) is 25.7 Å². The fraction of sp³-hybridized carbons (Fsp3) is 0.654. The van der Waals surface area contributed by atoms with Gasteiger partial charge in [0.15, 0.2) is 0 Å². The van der Waals surface area contributed by atoms with Crippen molar-refractivity contribution in [3.05, 3.63) is 29.1 Å². The van der Waals surface area contributed by atoms with Crippen molar-refractivity contribution in [2.24, 2.45) is 0 Å². The summed E-state index contributed by atoms with van der Waals surface area (Å²) in [6, 6.07) is 0. The van der Waals surface area contributed by atoms with Crippen LogP contribution in [0.5, 0.6) is 5.75 Å². The Balaban J connectivity index is 1.84. The maximum atomic E-state index is 13.5. The van der Waals surface area contributed by atoms with Crippen LogP contribution in [0, 0.1) is 29.1 Å². The molecule has 0 aliphatic carbocycles. The Morgan fingerprint density at radius 1 is 0.535 bits per heavy atom. The molecule has 0 heterocycles. The zero-order chi connectivity index (χ0) is 31.9. The van der Waals surface area contributed by atoms with Crippen LogP contribution in [-0.2, 0) is 42.8 Å². The minimum absolute atomic E-state index is 0.0468. The lowest BCUT2D eigenvalue weighted by Gasteiger charge is -2.09. The number of carbonyl (C=O) groups is 3. The first kappa shape index (κ1) is 38.1. The van der Waals surface area contributed by atoms with E-state index in [-0.39, 0.29) is 51.8 Å². The van der Waals surface area contributed by atoms with E-state index in [1.54, 1.807) is 0 Å². The zero-order valence-corrected chi connectivity index (χ0v) is 23.4. The molecule has 0 aliphatic heterocycles. The average molecular weight is 634 g/mol. The molecule has 0 atom stereocenters. The molecular weight excluding hydrogens is 597 g/mol. The van der Waals surface area contributed by atoms with Crippen LogP contribution in [0.15, 0.2) is 0 Å². The molecule has 0 saturated heterocycles. The van der Waals surface area contributed by atoms with Crippen LogP contribution in [0.3, 0.4) is 0 Å². The van der Waals surface area contributed by atoms with Crippen LogP contribution in [0.25, 0.3) is 0 Å². The highest BCUT2D eigenvalue weighted by Crippen LogP contribution is 2.29. The monoisotopic (exact) mass is 633 g/mol. The Hall–Kier alpha value is -2.96. The summed E-state index contributed by atoms with van der Waals surface area (Å²) in [5, 5.41) is 11.1. The Morgan fingerprint density at radius 2 is 0.930 bits per heavy atom. The summed E-state index contributed by atoms with van der Waals surface area (Å²) in [7, 11) is 0. The second-order valence-corrected chi connectivity index (χ2v) is 8.39. The molecule has 0 fully saturated rings. The Labute approximate surface area is 244 Å². The minimum atomic E-state index is -2.36. The van der Waals surface area contributed by atoms with Crippen molar-refractivity contribution in [3.63, 3.8) is 0 Å². The molecule has 0 saturated carbocycles. The van der Waals surface area contributed by atoms with Gasteiger partial charge in [-0.05, 0) is 6.42 Å². The van der Waals surface area contributed by atoms with E-state index < -0.39 is 53.2 Å². The Kier molecular flexibility index (Phi) is 20.8. The van der Waals surface area contributed by atoms with Gasteiger partial charge in [0, 0.05) is 19.6 Å². The van der Waals surface area contributed by atoms with Crippen LogP contribution in [0.2, 0.25) is 0 Å². The van der Waals surface area contributed by atoms with E-state index >= 15 is 0 Å². The van der Waals surface area contributed by atoms with Crippen molar-refractivity contribution in [1.29, 1.82) is 0 Å².